The first-order chi connectivity index (χ1) is 18.6. The SMILES string of the molecule is Cc1ccc(N(c2ccc(C=C(c3ccccc3)c3ccc(O)cc3)cc2)c2ccc(CCO)cc2)cc1. The number of aryl methyl sites for hydroxylation is 1. The first-order valence-corrected chi connectivity index (χ1v) is 12.8. The van der Waals surface area contributed by atoms with Crippen molar-refractivity contribution in [2.75, 3.05) is 11.5 Å². The van der Waals surface area contributed by atoms with Crippen molar-refractivity contribution in [2.24, 2.45) is 0 Å². The van der Waals surface area contributed by atoms with E-state index in [0.717, 1.165) is 44.9 Å². The average Bonchev–Trinajstić information content (AvgIpc) is 2.96. The fourth-order valence-corrected chi connectivity index (χ4v) is 4.56. The van der Waals surface area contributed by atoms with Gasteiger partial charge >= 0.3 is 0 Å². The molecule has 0 unspecified atom stereocenters. The topological polar surface area (TPSA) is 43.7 Å². The van der Waals surface area contributed by atoms with Crippen molar-refractivity contribution in [2.45, 2.75) is 13.3 Å². The Kier molecular flexibility index (Phi) is 7.67. The Bertz CT molecular complexity index is 1490. The summed E-state index contributed by atoms with van der Waals surface area (Å²) in [6.07, 6.45) is 2.84. The summed E-state index contributed by atoms with van der Waals surface area (Å²) in [6, 6.07) is 43.1. The summed E-state index contributed by atoms with van der Waals surface area (Å²) in [5.74, 6) is 0.256. The van der Waals surface area contributed by atoms with Crippen LogP contribution in [0.2, 0.25) is 0 Å². The van der Waals surface area contributed by atoms with Gasteiger partial charge in [-0.25, -0.2) is 0 Å². The minimum atomic E-state index is 0.144. The maximum absolute atomic E-state index is 9.79. The summed E-state index contributed by atoms with van der Waals surface area (Å²) in [6.45, 7) is 2.24. The molecule has 0 heterocycles. The Morgan fingerprint density at radius 1 is 0.632 bits per heavy atom. The molecule has 0 saturated carbocycles. The monoisotopic (exact) mass is 497 g/mol. The van der Waals surface area contributed by atoms with Gasteiger partial charge in [0.2, 0.25) is 0 Å². The smallest absolute Gasteiger partial charge is 0.115 e. The Morgan fingerprint density at radius 3 is 1.74 bits per heavy atom. The van der Waals surface area contributed by atoms with Crippen LogP contribution < -0.4 is 4.90 Å². The zero-order valence-corrected chi connectivity index (χ0v) is 21.5. The van der Waals surface area contributed by atoms with Gasteiger partial charge in [-0.2, -0.15) is 0 Å². The second-order valence-electron chi connectivity index (χ2n) is 9.37. The van der Waals surface area contributed by atoms with Crippen LogP contribution in [-0.2, 0) is 6.42 Å². The lowest BCUT2D eigenvalue weighted by atomic mass is 9.95. The molecule has 0 spiro atoms. The third kappa shape index (κ3) is 5.86. The molecule has 3 heteroatoms. The number of aromatic hydroxyl groups is 1. The van der Waals surface area contributed by atoms with Gasteiger partial charge < -0.3 is 15.1 Å². The van der Waals surface area contributed by atoms with Crippen molar-refractivity contribution in [1.82, 2.24) is 0 Å². The predicted octanol–water partition coefficient (Wildman–Crippen LogP) is 8.29. The Balaban J connectivity index is 1.53. The van der Waals surface area contributed by atoms with Crippen LogP contribution in [0.4, 0.5) is 17.1 Å². The highest BCUT2D eigenvalue weighted by atomic mass is 16.3. The molecule has 5 aromatic carbocycles. The summed E-state index contributed by atoms with van der Waals surface area (Å²) in [7, 11) is 0. The van der Waals surface area contributed by atoms with Crippen molar-refractivity contribution in [3.05, 3.63) is 155 Å². The van der Waals surface area contributed by atoms with Gasteiger partial charge in [0.05, 0.1) is 0 Å². The molecule has 38 heavy (non-hydrogen) atoms. The van der Waals surface area contributed by atoms with Crippen LogP contribution in [0.25, 0.3) is 11.6 Å². The van der Waals surface area contributed by atoms with E-state index in [1.54, 1.807) is 12.1 Å². The minimum absolute atomic E-state index is 0.144. The molecular formula is C35H31NO2. The summed E-state index contributed by atoms with van der Waals surface area (Å²) in [5.41, 5.74) is 9.88. The van der Waals surface area contributed by atoms with E-state index in [4.69, 9.17) is 0 Å². The second kappa shape index (κ2) is 11.6. The average molecular weight is 498 g/mol. The summed E-state index contributed by atoms with van der Waals surface area (Å²) < 4.78 is 0. The lowest BCUT2D eigenvalue weighted by Crippen LogP contribution is -2.10. The predicted molar refractivity (Wildman–Crippen MR) is 158 cm³/mol. The molecule has 5 rings (SSSR count). The van der Waals surface area contributed by atoms with Crippen molar-refractivity contribution >= 4 is 28.7 Å². The van der Waals surface area contributed by atoms with Gasteiger partial charge in [-0.1, -0.05) is 84.4 Å². The third-order valence-corrected chi connectivity index (χ3v) is 6.61. The van der Waals surface area contributed by atoms with Crippen LogP contribution in [0.5, 0.6) is 5.75 Å². The molecular weight excluding hydrogens is 466 g/mol. The van der Waals surface area contributed by atoms with Crippen LogP contribution in [0.15, 0.2) is 127 Å². The molecule has 0 aliphatic carbocycles. The number of phenols is 1. The van der Waals surface area contributed by atoms with Gasteiger partial charge in [-0.05, 0) is 95.8 Å². The Labute approximate surface area is 224 Å². The van der Waals surface area contributed by atoms with Crippen LogP contribution in [-0.4, -0.2) is 16.8 Å². The molecule has 3 nitrogen and oxygen atoms in total. The molecule has 0 amide bonds. The number of hydrogen-bond donors (Lipinski definition) is 2. The van der Waals surface area contributed by atoms with Gasteiger partial charge in [0.25, 0.3) is 0 Å². The first kappa shape index (κ1) is 25.1. The van der Waals surface area contributed by atoms with E-state index in [2.05, 4.69) is 103 Å². The third-order valence-electron chi connectivity index (χ3n) is 6.61. The fraction of sp³-hybridized carbons (Fsp3) is 0.0857. The number of aliphatic hydroxyl groups excluding tert-OH is 1. The summed E-state index contributed by atoms with van der Waals surface area (Å²) >= 11 is 0. The van der Waals surface area contributed by atoms with E-state index >= 15 is 0 Å². The Morgan fingerprint density at radius 2 is 1.16 bits per heavy atom. The largest absolute Gasteiger partial charge is 0.508 e. The van der Waals surface area contributed by atoms with E-state index < -0.39 is 0 Å². The lowest BCUT2D eigenvalue weighted by Gasteiger charge is -2.26. The lowest BCUT2D eigenvalue weighted by molar-refractivity contribution is 0.299. The van der Waals surface area contributed by atoms with E-state index in [-0.39, 0.29) is 12.4 Å². The molecule has 0 atom stereocenters. The highest BCUT2D eigenvalue weighted by Gasteiger charge is 2.13. The zero-order valence-electron chi connectivity index (χ0n) is 21.5. The standard InChI is InChI=1S/C35H31NO2/c1-26-7-15-31(16-8-26)36(32-17-9-27(10-18-32)23-24-37)33-19-11-28(12-20-33)25-35(29-5-3-2-4-6-29)30-13-21-34(38)22-14-30/h2-22,25,37-38H,23-24H2,1H3. The van der Waals surface area contributed by atoms with E-state index in [0.29, 0.717) is 6.42 Å². The maximum Gasteiger partial charge on any atom is 0.115 e. The Hall–Kier alpha value is -4.60. The van der Waals surface area contributed by atoms with Crippen molar-refractivity contribution < 1.29 is 10.2 Å². The quantitative estimate of drug-likeness (QED) is 0.212. The molecule has 2 N–H and O–H groups in total. The van der Waals surface area contributed by atoms with Crippen LogP contribution in [0, 0.1) is 6.92 Å². The van der Waals surface area contributed by atoms with Crippen LogP contribution in [0.3, 0.4) is 0 Å². The molecule has 0 saturated heterocycles. The van der Waals surface area contributed by atoms with Gasteiger partial charge in [0, 0.05) is 23.7 Å². The van der Waals surface area contributed by atoms with Gasteiger partial charge in [-0.15, -0.1) is 0 Å². The zero-order chi connectivity index (χ0) is 26.3. The van der Waals surface area contributed by atoms with E-state index in [9.17, 15) is 10.2 Å². The van der Waals surface area contributed by atoms with Crippen molar-refractivity contribution in [3.8, 4) is 5.75 Å². The maximum atomic E-state index is 9.79. The van der Waals surface area contributed by atoms with Gasteiger partial charge in [0.1, 0.15) is 5.75 Å². The molecule has 5 aromatic rings. The number of rotatable bonds is 8. The number of phenolic OH excluding ortho intramolecular Hbond substituents is 1. The normalized spacial score (nSPS) is 11.4. The molecule has 0 radical (unpaired) electrons. The fourth-order valence-electron chi connectivity index (χ4n) is 4.56. The molecule has 0 aliphatic heterocycles. The molecule has 0 aromatic heterocycles. The number of anilines is 3. The van der Waals surface area contributed by atoms with E-state index in [1.165, 1.54) is 5.56 Å². The molecule has 188 valence electrons. The summed E-state index contributed by atoms with van der Waals surface area (Å²) in [5, 5.41) is 19.1. The van der Waals surface area contributed by atoms with E-state index in [1.807, 2.05) is 30.3 Å². The van der Waals surface area contributed by atoms with Crippen LogP contribution in [0.1, 0.15) is 27.8 Å². The molecule has 0 bridgehead atoms. The number of nitrogens with zero attached hydrogens (tertiary/aromatic N) is 1. The number of hydrogen-bond acceptors (Lipinski definition) is 3. The highest BCUT2D eigenvalue weighted by molar-refractivity contribution is 5.92. The van der Waals surface area contributed by atoms with Gasteiger partial charge in [0.15, 0.2) is 0 Å². The first-order valence-electron chi connectivity index (χ1n) is 12.8. The van der Waals surface area contributed by atoms with Crippen molar-refractivity contribution in [3.63, 3.8) is 0 Å². The second-order valence-corrected chi connectivity index (χ2v) is 9.37. The van der Waals surface area contributed by atoms with Gasteiger partial charge in [-0.3, -0.25) is 0 Å². The minimum Gasteiger partial charge on any atom is -0.508 e. The molecule has 0 fully saturated rings. The van der Waals surface area contributed by atoms with Crippen LogP contribution >= 0.6 is 0 Å². The number of benzene rings is 5. The van der Waals surface area contributed by atoms with Crippen molar-refractivity contribution in [1.29, 1.82) is 0 Å². The number of aliphatic hydroxyl groups is 1. The molecule has 0 aliphatic rings. The summed E-state index contributed by atoms with van der Waals surface area (Å²) in [4.78, 5) is 2.24. The highest BCUT2D eigenvalue weighted by Crippen LogP contribution is 2.35.